The van der Waals surface area contributed by atoms with Gasteiger partial charge in [-0.05, 0) is 84.9 Å². The molecule has 1 aliphatic carbocycles. The van der Waals surface area contributed by atoms with Gasteiger partial charge >= 0.3 is 6.03 Å². The maximum absolute atomic E-state index is 13.6. The number of carbonyl (C=O) groups is 1. The number of morpholine rings is 1. The highest BCUT2D eigenvalue weighted by atomic mass is 16.5. The van der Waals surface area contributed by atoms with Crippen molar-refractivity contribution in [2.24, 2.45) is 0 Å². The number of pyridine rings is 1. The Labute approximate surface area is 283 Å². The molecule has 2 N–H and O–H groups in total. The Hall–Kier alpha value is -4.15. The van der Waals surface area contributed by atoms with Crippen molar-refractivity contribution in [1.82, 2.24) is 24.8 Å². The molecule has 0 unspecified atom stereocenters. The standard InChI is InChI=1S/C38H49N7O3/c1-26-9-7-8-18-44(26)37-42-41-35-17-14-29(25-45(35)37)48-34-16-15-32(30-10-5-6-11-31(30)34)39-36(46)40-33-23-28(38(2,3)4)13-12-27(33)24-43-19-21-47-22-20-43/h5-6,10-14,17,23,25-26,32,34H,7-9,15-16,18-22,24H2,1-4H3,(H2,39,40,46)/t26-,32-,34+/m0/s1. The van der Waals surface area contributed by atoms with Gasteiger partial charge in [0.2, 0.25) is 5.95 Å². The first-order chi connectivity index (χ1) is 23.2. The summed E-state index contributed by atoms with van der Waals surface area (Å²) in [7, 11) is 0. The number of urea groups is 1. The molecule has 3 atom stereocenters. The number of piperidine rings is 1. The first kappa shape index (κ1) is 32.4. The molecule has 48 heavy (non-hydrogen) atoms. The Balaban J connectivity index is 1.07. The fraction of sp³-hybridized carbons (Fsp3) is 0.500. The number of anilines is 2. The molecule has 2 aromatic carbocycles. The summed E-state index contributed by atoms with van der Waals surface area (Å²) < 4.78 is 14.3. The number of benzene rings is 2. The van der Waals surface area contributed by atoms with E-state index in [1.807, 2.05) is 30.5 Å². The van der Waals surface area contributed by atoms with Crippen LogP contribution in [0.2, 0.25) is 0 Å². The molecule has 0 spiro atoms. The maximum Gasteiger partial charge on any atom is 0.319 e. The van der Waals surface area contributed by atoms with Crippen LogP contribution in [0, 0.1) is 0 Å². The van der Waals surface area contributed by atoms with Crippen molar-refractivity contribution in [2.45, 2.75) is 89.9 Å². The number of amides is 2. The lowest BCUT2D eigenvalue weighted by Crippen LogP contribution is -2.38. The molecule has 2 fully saturated rings. The zero-order valence-electron chi connectivity index (χ0n) is 28.7. The Kier molecular flexibility index (Phi) is 9.29. The van der Waals surface area contributed by atoms with E-state index in [1.165, 1.54) is 18.4 Å². The summed E-state index contributed by atoms with van der Waals surface area (Å²) in [5.41, 5.74) is 6.14. The second-order valence-electron chi connectivity index (χ2n) is 14.6. The van der Waals surface area contributed by atoms with Gasteiger partial charge in [-0.2, -0.15) is 0 Å². The molecule has 4 aromatic rings. The van der Waals surface area contributed by atoms with E-state index in [2.05, 4.69) is 93.1 Å². The van der Waals surface area contributed by atoms with Crippen LogP contribution >= 0.6 is 0 Å². The molecular weight excluding hydrogens is 602 g/mol. The molecule has 10 nitrogen and oxygen atoms in total. The first-order valence-corrected chi connectivity index (χ1v) is 17.6. The minimum atomic E-state index is -0.194. The number of nitrogens with zero attached hydrogens (tertiary/aromatic N) is 5. The maximum atomic E-state index is 13.6. The zero-order chi connectivity index (χ0) is 33.3. The van der Waals surface area contributed by atoms with Crippen molar-refractivity contribution in [3.05, 3.63) is 83.0 Å². The minimum Gasteiger partial charge on any atom is -0.484 e. The van der Waals surface area contributed by atoms with Crippen molar-refractivity contribution in [3.63, 3.8) is 0 Å². The van der Waals surface area contributed by atoms with E-state index < -0.39 is 0 Å². The normalized spacial score (nSPS) is 21.9. The molecule has 2 amide bonds. The summed E-state index contributed by atoms with van der Waals surface area (Å²) >= 11 is 0. The van der Waals surface area contributed by atoms with Gasteiger partial charge in [-0.3, -0.25) is 9.30 Å². The summed E-state index contributed by atoms with van der Waals surface area (Å²) in [6.45, 7) is 13.9. The SMILES string of the molecule is C[C@H]1CCCCN1c1nnc2ccc(O[C@@H]3CC[C@H](NC(=O)Nc4cc(C(C)(C)C)ccc4CN4CCOCC4)c4ccccc43)cn12. The fourth-order valence-electron chi connectivity index (χ4n) is 7.32. The Morgan fingerprint density at radius 2 is 1.77 bits per heavy atom. The molecule has 2 aromatic heterocycles. The molecule has 0 saturated carbocycles. The highest BCUT2D eigenvalue weighted by Gasteiger charge is 2.30. The highest BCUT2D eigenvalue weighted by molar-refractivity contribution is 5.90. The van der Waals surface area contributed by atoms with Gasteiger partial charge < -0.3 is 25.0 Å². The van der Waals surface area contributed by atoms with Gasteiger partial charge in [-0.25, -0.2) is 4.79 Å². The molecule has 254 valence electrons. The van der Waals surface area contributed by atoms with Gasteiger partial charge in [-0.1, -0.05) is 57.2 Å². The van der Waals surface area contributed by atoms with E-state index in [0.717, 1.165) is 98.4 Å². The largest absolute Gasteiger partial charge is 0.484 e. The van der Waals surface area contributed by atoms with Crippen LogP contribution in [0.3, 0.4) is 0 Å². The van der Waals surface area contributed by atoms with E-state index in [4.69, 9.17) is 9.47 Å². The zero-order valence-corrected chi connectivity index (χ0v) is 28.7. The number of fused-ring (bicyclic) bond motifs is 2. The third-order valence-corrected chi connectivity index (χ3v) is 10.2. The lowest BCUT2D eigenvalue weighted by atomic mass is 9.85. The summed E-state index contributed by atoms with van der Waals surface area (Å²) in [6.07, 6.45) is 7.02. The van der Waals surface area contributed by atoms with Gasteiger partial charge in [0.1, 0.15) is 11.9 Å². The van der Waals surface area contributed by atoms with Crippen LogP contribution in [0.25, 0.3) is 5.65 Å². The van der Waals surface area contributed by atoms with Gasteiger partial charge in [0.15, 0.2) is 5.65 Å². The Morgan fingerprint density at radius 3 is 2.56 bits per heavy atom. The molecule has 4 heterocycles. The second kappa shape index (κ2) is 13.8. The van der Waals surface area contributed by atoms with E-state index >= 15 is 0 Å². The van der Waals surface area contributed by atoms with E-state index in [9.17, 15) is 4.79 Å². The number of hydrogen-bond donors (Lipinski definition) is 2. The first-order valence-electron chi connectivity index (χ1n) is 17.6. The smallest absolute Gasteiger partial charge is 0.319 e. The summed E-state index contributed by atoms with van der Waals surface area (Å²) in [4.78, 5) is 18.4. The topological polar surface area (TPSA) is 96.3 Å². The number of aromatic nitrogens is 3. The van der Waals surface area contributed by atoms with E-state index in [1.54, 1.807) is 0 Å². The number of hydrogen-bond acceptors (Lipinski definition) is 7. The fourth-order valence-corrected chi connectivity index (χ4v) is 7.32. The van der Waals surface area contributed by atoms with Crippen molar-refractivity contribution in [3.8, 4) is 5.75 Å². The molecule has 0 radical (unpaired) electrons. The second-order valence-corrected chi connectivity index (χ2v) is 14.6. The van der Waals surface area contributed by atoms with Crippen LogP contribution in [0.5, 0.6) is 5.75 Å². The molecular formula is C38H49N7O3. The lowest BCUT2D eigenvalue weighted by molar-refractivity contribution is 0.0342. The molecule has 0 bridgehead atoms. The van der Waals surface area contributed by atoms with Crippen LogP contribution in [0.1, 0.15) is 94.2 Å². The highest BCUT2D eigenvalue weighted by Crippen LogP contribution is 2.39. The lowest BCUT2D eigenvalue weighted by Gasteiger charge is -2.33. The molecule has 2 aliphatic heterocycles. The third kappa shape index (κ3) is 7.00. The van der Waals surface area contributed by atoms with Crippen molar-refractivity contribution in [2.75, 3.05) is 43.1 Å². The van der Waals surface area contributed by atoms with Crippen LogP contribution in [-0.2, 0) is 16.7 Å². The number of carbonyl (C=O) groups excluding carboxylic acids is 1. The summed E-state index contributed by atoms with van der Waals surface area (Å²) in [5, 5.41) is 15.5. The molecule has 2 saturated heterocycles. The Bertz CT molecular complexity index is 1740. The predicted octanol–water partition coefficient (Wildman–Crippen LogP) is 7.01. The average Bonchev–Trinajstić information content (AvgIpc) is 3.50. The Morgan fingerprint density at radius 1 is 0.958 bits per heavy atom. The van der Waals surface area contributed by atoms with Crippen LogP contribution < -0.4 is 20.3 Å². The molecule has 7 rings (SSSR count). The number of nitrogens with one attached hydrogen (secondary N) is 2. The van der Waals surface area contributed by atoms with Crippen LogP contribution in [-0.4, -0.2) is 64.4 Å². The van der Waals surface area contributed by atoms with Crippen LogP contribution in [0.15, 0.2) is 60.8 Å². The van der Waals surface area contributed by atoms with E-state index in [-0.39, 0.29) is 23.6 Å². The summed E-state index contributed by atoms with van der Waals surface area (Å²) in [5.74, 6) is 1.66. The monoisotopic (exact) mass is 651 g/mol. The average molecular weight is 652 g/mol. The minimum absolute atomic E-state index is 0.0336. The van der Waals surface area contributed by atoms with Crippen molar-refractivity contribution >= 4 is 23.3 Å². The van der Waals surface area contributed by atoms with Gasteiger partial charge in [0.25, 0.3) is 0 Å². The number of rotatable bonds is 7. The van der Waals surface area contributed by atoms with Crippen molar-refractivity contribution < 1.29 is 14.3 Å². The van der Waals surface area contributed by atoms with Crippen LogP contribution in [0.4, 0.5) is 16.4 Å². The van der Waals surface area contributed by atoms with Gasteiger partial charge in [-0.15, -0.1) is 10.2 Å². The molecule has 3 aliphatic rings. The number of ether oxygens (including phenoxy) is 2. The van der Waals surface area contributed by atoms with Crippen molar-refractivity contribution in [1.29, 1.82) is 0 Å². The molecule has 10 heteroatoms. The quantitative estimate of drug-likeness (QED) is 0.222. The van der Waals surface area contributed by atoms with Gasteiger partial charge in [0, 0.05) is 37.9 Å². The summed E-state index contributed by atoms with van der Waals surface area (Å²) in [6, 6.07) is 18.9. The van der Waals surface area contributed by atoms with E-state index in [0.29, 0.717) is 6.04 Å². The predicted molar refractivity (Wildman–Crippen MR) is 189 cm³/mol. The third-order valence-electron chi connectivity index (χ3n) is 10.2. The van der Waals surface area contributed by atoms with Gasteiger partial charge in [0.05, 0.1) is 25.5 Å².